The van der Waals surface area contributed by atoms with E-state index in [9.17, 15) is 9.90 Å². The highest BCUT2D eigenvalue weighted by Crippen LogP contribution is 2.19. The molecule has 17 heavy (non-hydrogen) atoms. The van der Waals surface area contributed by atoms with Crippen LogP contribution in [0.25, 0.3) is 0 Å². The van der Waals surface area contributed by atoms with Crippen LogP contribution in [0.2, 0.25) is 0 Å². The maximum atomic E-state index is 12.2. The van der Waals surface area contributed by atoms with Crippen LogP contribution in [-0.2, 0) is 0 Å². The van der Waals surface area contributed by atoms with E-state index < -0.39 is 6.10 Å². The summed E-state index contributed by atoms with van der Waals surface area (Å²) >= 11 is 3.31. The molecule has 92 valence electrons. The van der Waals surface area contributed by atoms with Crippen molar-refractivity contribution in [2.45, 2.75) is 25.9 Å². The summed E-state index contributed by atoms with van der Waals surface area (Å²) < 4.78 is 0.572. The number of hydrogen-bond donors (Lipinski definition) is 1. The smallest absolute Gasteiger partial charge is 0.256 e. The number of rotatable bonds is 1. The van der Waals surface area contributed by atoms with E-state index >= 15 is 0 Å². The molecule has 1 aliphatic rings. The van der Waals surface area contributed by atoms with E-state index in [1.54, 1.807) is 11.0 Å². The highest BCUT2D eigenvalue weighted by molar-refractivity contribution is 9.10. The molecule has 0 spiro atoms. The standard InChI is InChI=1S/C12H15BrN2O2/c1-8-4-5-10(11(13)14-8)12(17)15-6-2-3-9(16)7-15/h4-5,9,16H,2-3,6-7H2,1H3. The lowest BCUT2D eigenvalue weighted by atomic mass is 10.1. The minimum atomic E-state index is -0.398. The second-order valence-electron chi connectivity index (χ2n) is 4.34. The molecule has 1 aromatic heterocycles. The van der Waals surface area contributed by atoms with E-state index in [2.05, 4.69) is 20.9 Å². The topological polar surface area (TPSA) is 53.4 Å². The predicted molar refractivity (Wildman–Crippen MR) is 67.8 cm³/mol. The van der Waals surface area contributed by atoms with Crippen LogP contribution < -0.4 is 0 Å². The van der Waals surface area contributed by atoms with Gasteiger partial charge in [-0.1, -0.05) is 0 Å². The molecule has 0 saturated carbocycles. The lowest BCUT2D eigenvalue weighted by Gasteiger charge is -2.30. The van der Waals surface area contributed by atoms with E-state index in [1.807, 2.05) is 13.0 Å². The van der Waals surface area contributed by atoms with Crippen LogP contribution in [0.1, 0.15) is 28.9 Å². The number of piperidine rings is 1. The Morgan fingerprint density at radius 1 is 1.59 bits per heavy atom. The normalized spacial score (nSPS) is 20.4. The fourth-order valence-electron chi connectivity index (χ4n) is 1.99. The Balaban J connectivity index is 2.18. The van der Waals surface area contributed by atoms with Gasteiger partial charge >= 0.3 is 0 Å². The largest absolute Gasteiger partial charge is 0.391 e. The molecule has 1 aromatic rings. The molecule has 2 rings (SSSR count). The zero-order valence-electron chi connectivity index (χ0n) is 9.69. The molecule has 1 unspecified atom stereocenters. The zero-order chi connectivity index (χ0) is 12.4. The van der Waals surface area contributed by atoms with Gasteiger partial charge in [0.25, 0.3) is 5.91 Å². The molecule has 0 aliphatic carbocycles. The van der Waals surface area contributed by atoms with Crippen LogP contribution in [0.4, 0.5) is 0 Å². The van der Waals surface area contributed by atoms with Gasteiger partial charge in [0.05, 0.1) is 11.7 Å². The van der Waals surface area contributed by atoms with Crippen LogP contribution >= 0.6 is 15.9 Å². The number of aromatic nitrogens is 1. The first-order valence-electron chi connectivity index (χ1n) is 5.68. The van der Waals surface area contributed by atoms with E-state index in [4.69, 9.17) is 0 Å². The van der Waals surface area contributed by atoms with Gasteiger partial charge in [0.2, 0.25) is 0 Å². The lowest BCUT2D eigenvalue weighted by molar-refractivity contribution is 0.0472. The number of likely N-dealkylation sites (tertiary alicyclic amines) is 1. The quantitative estimate of drug-likeness (QED) is 0.804. The van der Waals surface area contributed by atoms with Crippen LogP contribution in [0, 0.1) is 6.92 Å². The van der Waals surface area contributed by atoms with Crippen molar-refractivity contribution in [1.29, 1.82) is 0 Å². The van der Waals surface area contributed by atoms with E-state index in [1.165, 1.54) is 0 Å². The fourth-order valence-corrected chi connectivity index (χ4v) is 2.58. The summed E-state index contributed by atoms with van der Waals surface area (Å²) in [6, 6.07) is 3.59. The maximum absolute atomic E-state index is 12.2. The van der Waals surface area contributed by atoms with Crippen molar-refractivity contribution in [1.82, 2.24) is 9.88 Å². The number of amides is 1. The van der Waals surface area contributed by atoms with Crippen molar-refractivity contribution >= 4 is 21.8 Å². The van der Waals surface area contributed by atoms with Crippen LogP contribution in [0.3, 0.4) is 0 Å². The van der Waals surface area contributed by atoms with Crippen molar-refractivity contribution in [2.75, 3.05) is 13.1 Å². The molecule has 5 heteroatoms. The molecule has 0 radical (unpaired) electrons. The number of hydrogen-bond acceptors (Lipinski definition) is 3. The Bertz CT molecular complexity index is 437. The number of halogens is 1. The number of β-amino-alcohol motifs (C(OH)–C–C–N with tert-alkyl or cyclic N) is 1. The Morgan fingerprint density at radius 3 is 3.00 bits per heavy atom. The maximum Gasteiger partial charge on any atom is 0.256 e. The number of nitrogens with zero attached hydrogens (tertiary/aromatic N) is 2. The van der Waals surface area contributed by atoms with Gasteiger partial charge in [0.1, 0.15) is 4.60 Å². The second-order valence-corrected chi connectivity index (χ2v) is 5.09. The van der Waals surface area contributed by atoms with Crippen LogP contribution in [-0.4, -0.2) is 40.1 Å². The van der Waals surface area contributed by atoms with Gasteiger partial charge in [-0.2, -0.15) is 0 Å². The molecular formula is C12H15BrN2O2. The highest BCUT2D eigenvalue weighted by atomic mass is 79.9. The number of carbonyl (C=O) groups excluding carboxylic acids is 1. The van der Waals surface area contributed by atoms with Crippen molar-refractivity contribution in [3.05, 3.63) is 28.0 Å². The fraction of sp³-hybridized carbons (Fsp3) is 0.500. The Morgan fingerprint density at radius 2 is 2.35 bits per heavy atom. The molecule has 1 aliphatic heterocycles. The minimum absolute atomic E-state index is 0.0666. The third kappa shape index (κ3) is 2.84. The SMILES string of the molecule is Cc1ccc(C(=O)N2CCCC(O)C2)c(Br)n1. The van der Waals surface area contributed by atoms with Crippen molar-refractivity contribution in [3.63, 3.8) is 0 Å². The Labute approximate surface area is 109 Å². The van der Waals surface area contributed by atoms with E-state index in [0.717, 1.165) is 18.5 Å². The first-order chi connectivity index (χ1) is 8.08. The zero-order valence-corrected chi connectivity index (χ0v) is 11.3. The first-order valence-corrected chi connectivity index (χ1v) is 6.47. The molecule has 0 bridgehead atoms. The van der Waals surface area contributed by atoms with E-state index in [0.29, 0.717) is 23.3 Å². The first kappa shape index (κ1) is 12.5. The molecule has 1 amide bonds. The number of aryl methyl sites for hydroxylation is 1. The summed E-state index contributed by atoms with van der Waals surface area (Å²) in [5.41, 5.74) is 1.43. The molecule has 1 fully saturated rings. The predicted octanol–water partition coefficient (Wildman–Crippen LogP) is 1.75. The average Bonchev–Trinajstić information content (AvgIpc) is 2.28. The molecule has 2 heterocycles. The average molecular weight is 299 g/mol. The summed E-state index contributed by atoms with van der Waals surface area (Å²) in [5.74, 6) is -0.0666. The molecule has 4 nitrogen and oxygen atoms in total. The third-order valence-electron chi connectivity index (χ3n) is 2.90. The molecule has 0 aromatic carbocycles. The summed E-state index contributed by atoms with van der Waals surface area (Å²) in [4.78, 5) is 18.1. The third-order valence-corrected chi connectivity index (χ3v) is 3.51. The van der Waals surface area contributed by atoms with Crippen molar-refractivity contribution in [2.24, 2.45) is 0 Å². The number of pyridine rings is 1. The molecule has 1 N–H and O–H groups in total. The number of aliphatic hydroxyl groups excluding tert-OH is 1. The van der Waals surface area contributed by atoms with Gasteiger partial charge in [-0.3, -0.25) is 4.79 Å². The molecule has 1 saturated heterocycles. The summed E-state index contributed by atoms with van der Waals surface area (Å²) in [6.07, 6.45) is 1.23. The van der Waals surface area contributed by atoms with Crippen LogP contribution in [0.5, 0.6) is 0 Å². The van der Waals surface area contributed by atoms with E-state index in [-0.39, 0.29) is 5.91 Å². The highest BCUT2D eigenvalue weighted by Gasteiger charge is 2.24. The Hall–Kier alpha value is -0.940. The van der Waals surface area contributed by atoms with Gasteiger partial charge < -0.3 is 10.0 Å². The van der Waals surface area contributed by atoms with Gasteiger partial charge in [-0.05, 0) is 47.8 Å². The van der Waals surface area contributed by atoms with Gasteiger partial charge in [0, 0.05) is 18.8 Å². The number of aliphatic hydroxyl groups is 1. The monoisotopic (exact) mass is 298 g/mol. The van der Waals surface area contributed by atoms with Crippen molar-refractivity contribution in [3.8, 4) is 0 Å². The molecular weight excluding hydrogens is 284 g/mol. The Kier molecular flexibility index (Phi) is 3.79. The van der Waals surface area contributed by atoms with Gasteiger partial charge in [-0.15, -0.1) is 0 Å². The molecule has 1 atom stereocenters. The minimum Gasteiger partial charge on any atom is -0.391 e. The number of carbonyl (C=O) groups is 1. The van der Waals surface area contributed by atoms with Crippen LogP contribution in [0.15, 0.2) is 16.7 Å². The van der Waals surface area contributed by atoms with Crippen molar-refractivity contribution < 1.29 is 9.90 Å². The van der Waals surface area contributed by atoms with Gasteiger partial charge in [0.15, 0.2) is 0 Å². The lowest BCUT2D eigenvalue weighted by Crippen LogP contribution is -2.42. The summed E-state index contributed by atoms with van der Waals surface area (Å²) in [5, 5.41) is 9.57. The summed E-state index contributed by atoms with van der Waals surface area (Å²) in [6.45, 7) is 3.00. The van der Waals surface area contributed by atoms with Gasteiger partial charge in [-0.25, -0.2) is 4.98 Å². The summed E-state index contributed by atoms with van der Waals surface area (Å²) in [7, 11) is 0. The second kappa shape index (κ2) is 5.14.